The van der Waals surface area contributed by atoms with Crippen molar-refractivity contribution in [2.24, 2.45) is 5.41 Å². The number of rotatable bonds is 7. The molecule has 2 atom stereocenters. The highest BCUT2D eigenvalue weighted by molar-refractivity contribution is 7.85. The van der Waals surface area contributed by atoms with E-state index >= 15 is 0 Å². The number of aromatic nitrogens is 1. The minimum atomic E-state index is -0.856. The van der Waals surface area contributed by atoms with Crippen molar-refractivity contribution in [1.29, 1.82) is 0 Å². The molecule has 1 aliphatic carbocycles. The molecule has 1 aromatic heterocycles. The Bertz CT molecular complexity index is 1420. The molecule has 2 unspecified atom stereocenters. The second kappa shape index (κ2) is 9.99. The third kappa shape index (κ3) is 4.49. The van der Waals surface area contributed by atoms with E-state index in [0.717, 1.165) is 59.2 Å². The second-order valence-corrected chi connectivity index (χ2v) is 13.2. The molecule has 1 amide bonds. The van der Waals surface area contributed by atoms with Gasteiger partial charge in [0.05, 0.1) is 12.8 Å². The lowest BCUT2D eigenvalue weighted by Gasteiger charge is -2.43. The van der Waals surface area contributed by atoms with Crippen LogP contribution in [0.5, 0.6) is 5.75 Å². The molecule has 2 aliphatic rings. The summed E-state index contributed by atoms with van der Waals surface area (Å²) in [6, 6.07) is 13.7. The Kier molecular flexibility index (Phi) is 7.01. The number of benzene rings is 2. The molecule has 2 heterocycles. The zero-order valence-electron chi connectivity index (χ0n) is 23.1. The summed E-state index contributed by atoms with van der Waals surface area (Å²) in [5.74, 6) is 2.01. The third-order valence-electron chi connectivity index (χ3n) is 8.75. The van der Waals surface area contributed by atoms with Crippen LogP contribution in [-0.4, -0.2) is 45.1 Å². The molecule has 1 saturated heterocycles. The third-order valence-corrected chi connectivity index (χ3v) is 10.2. The highest BCUT2D eigenvalue weighted by atomic mass is 32.2. The van der Waals surface area contributed by atoms with Gasteiger partial charge in [0, 0.05) is 56.8 Å². The molecule has 0 spiro atoms. The number of methoxy groups -OCH3 is 1. The quantitative estimate of drug-likeness (QED) is 0.427. The van der Waals surface area contributed by atoms with E-state index in [0.29, 0.717) is 23.6 Å². The monoisotopic (exact) mass is 534 g/mol. The standard InChI is InChI=1S/C31H38N2O4S/c1-6-31(7-2)19-30(3,4)26-24-16-21(29(35)32-22-14-15-38(36)18-22)10-13-25(24)33(27(26)28(31)34)17-20-8-11-23(37-5)12-9-20/h8-13,16,22H,6-7,14-15,17-19H2,1-5H3,(H,32,35). The SMILES string of the molecule is CCC1(CC)CC(C)(C)c2c(n(Cc3ccc(OC)cc3)c3ccc(C(=O)NC4CCS(=O)C4)cc23)C1=O. The number of carbonyl (C=O) groups is 2. The van der Waals surface area contributed by atoms with E-state index in [-0.39, 0.29) is 23.1 Å². The molecule has 3 aromatic rings. The molecule has 0 bridgehead atoms. The van der Waals surface area contributed by atoms with Gasteiger partial charge in [-0.05, 0) is 72.6 Å². The summed E-state index contributed by atoms with van der Waals surface area (Å²) >= 11 is 0. The first-order valence-corrected chi connectivity index (χ1v) is 15.1. The minimum Gasteiger partial charge on any atom is -0.497 e. The van der Waals surface area contributed by atoms with Gasteiger partial charge in [0.25, 0.3) is 5.91 Å². The Balaban J connectivity index is 1.66. The number of amides is 1. The average molecular weight is 535 g/mol. The van der Waals surface area contributed by atoms with Crippen molar-refractivity contribution in [3.8, 4) is 5.75 Å². The van der Waals surface area contributed by atoms with Crippen LogP contribution in [0.4, 0.5) is 0 Å². The molecule has 202 valence electrons. The molecule has 1 fully saturated rings. The van der Waals surface area contributed by atoms with Crippen LogP contribution in [0.15, 0.2) is 42.5 Å². The number of ether oxygens (including phenoxy) is 1. The first kappa shape index (κ1) is 26.7. The molecule has 2 aromatic carbocycles. The Morgan fingerprint density at radius 3 is 2.45 bits per heavy atom. The van der Waals surface area contributed by atoms with Gasteiger partial charge in [0.2, 0.25) is 0 Å². The largest absolute Gasteiger partial charge is 0.497 e. The van der Waals surface area contributed by atoms with E-state index in [2.05, 4.69) is 37.6 Å². The molecule has 38 heavy (non-hydrogen) atoms. The molecule has 0 saturated carbocycles. The summed E-state index contributed by atoms with van der Waals surface area (Å²) in [6.07, 6.45) is 3.12. The summed E-state index contributed by atoms with van der Waals surface area (Å²) in [7, 11) is 0.798. The van der Waals surface area contributed by atoms with Crippen LogP contribution in [0, 0.1) is 5.41 Å². The van der Waals surface area contributed by atoms with E-state index in [9.17, 15) is 13.8 Å². The van der Waals surface area contributed by atoms with E-state index in [4.69, 9.17) is 4.74 Å². The molecular formula is C31H38N2O4S. The lowest BCUT2D eigenvalue weighted by atomic mass is 9.59. The van der Waals surface area contributed by atoms with Gasteiger partial charge < -0.3 is 14.6 Å². The maximum atomic E-state index is 14.3. The predicted octanol–water partition coefficient (Wildman–Crippen LogP) is 5.62. The summed E-state index contributed by atoms with van der Waals surface area (Å²) in [5.41, 5.74) is 3.80. The van der Waals surface area contributed by atoms with Crippen LogP contribution < -0.4 is 10.1 Å². The highest BCUT2D eigenvalue weighted by Crippen LogP contribution is 2.52. The van der Waals surface area contributed by atoms with Crippen LogP contribution in [0.1, 0.15) is 85.4 Å². The second-order valence-electron chi connectivity index (χ2n) is 11.5. The first-order valence-electron chi connectivity index (χ1n) is 13.6. The first-order chi connectivity index (χ1) is 18.1. The lowest BCUT2D eigenvalue weighted by Crippen LogP contribution is -2.43. The average Bonchev–Trinajstić information content (AvgIpc) is 3.47. The number of hydrogen-bond donors (Lipinski definition) is 1. The topological polar surface area (TPSA) is 77.4 Å². The Morgan fingerprint density at radius 1 is 1.13 bits per heavy atom. The number of nitrogens with zero attached hydrogens (tertiary/aromatic N) is 1. The maximum Gasteiger partial charge on any atom is 0.251 e. The van der Waals surface area contributed by atoms with E-state index in [1.165, 1.54) is 0 Å². The zero-order valence-corrected chi connectivity index (χ0v) is 23.9. The summed E-state index contributed by atoms with van der Waals surface area (Å²) < 4.78 is 19.3. The van der Waals surface area contributed by atoms with Crippen LogP contribution >= 0.6 is 0 Å². The fraction of sp³-hybridized carbons (Fsp3) is 0.484. The molecule has 1 N–H and O–H groups in total. The fourth-order valence-corrected chi connectivity index (χ4v) is 8.04. The minimum absolute atomic E-state index is 0.0552. The van der Waals surface area contributed by atoms with Gasteiger partial charge in [-0.25, -0.2) is 0 Å². The predicted molar refractivity (Wildman–Crippen MR) is 153 cm³/mol. The Morgan fingerprint density at radius 2 is 1.84 bits per heavy atom. The molecule has 1 aliphatic heterocycles. The van der Waals surface area contributed by atoms with Crippen LogP contribution in [0.2, 0.25) is 0 Å². The molecule has 6 nitrogen and oxygen atoms in total. The summed E-state index contributed by atoms with van der Waals surface area (Å²) in [4.78, 5) is 27.5. The number of hydrogen-bond acceptors (Lipinski definition) is 4. The fourth-order valence-electron chi connectivity index (χ4n) is 6.63. The van der Waals surface area contributed by atoms with Gasteiger partial charge in [-0.1, -0.05) is 39.8 Å². The lowest BCUT2D eigenvalue weighted by molar-refractivity contribution is 0.0664. The number of fused-ring (bicyclic) bond motifs is 3. The van der Waals surface area contributed by atoms with Crippen molar-refractivity contribution in [3.05, 3.63) is 64.8 Å². The number of ketones is 1. The van der Waals surface area contributed by atoms with Crippen molar-refractivity contribution >= 4 is 33.4 Å². The molecule has 7 heteroatoms. The van der Waals surface area contributed by atoms with Crippen molar-refractivity contribution < 1.29 is 18.5 Å². The molecule has 0 radical (unpaired) electrons. The van der Waals surface area contributed by atoms with Crippen molar-refractivity contribution in [2.75, 3.05) is 18.6 Å². The van der Waals surface area contributed by atoms with E-state index < -0.39 is 16.2 Å². The van der Waals surface area contributed by atoms with Gasteiger partial charge in [0.15, 0.2) is 5.78 Å². The highest BCUT2D eigenvalue weighted by Gasteiger charge is 2.50. The van der Waals surface area contributed by atoms with Crippen molar-refractivity contribution in [3.63, 3.8) is 0 Å². The van der Waals surface area contributed by atoms with Crippen LogP contribution in [-0.2, 0) is 22.8 Å². The number of Topliss-reactive ketones (excluding diaryl/α,β-unsaturated/α-hetero) is 1. The van der Waals surface area contributed by atoms with E-state index in [1.807, 2.05) is 42.5 Å². The normalized spacial score (nSPS) is 21.9. The zero-order chi connectivity index (χ0) is 27.2. The molecular weight excluding hydrogens is 496 g/mol. The van der Waals surface area contributed by atoms with Gasteiger partial charge in [-0.3, -0.25) is 13.8 Å². The van der Waals surface area contributed by atoms with Gasteiger partial charge in [0.1, 0.15) is 5.75 Å². The smallest absolute Gasteiger partial charge is 0.251 e. The Labute approximate surface area is 227 Å². The van der Waals surface area contributed by atoms with Crippen LogP contribution in [0.3, 0.4) is 0 Å². The number of nitrogens with one attached hydrogen (secondary N) is 1. The van der Waals surface area contributed by atoms with Gasteiger partial charge in [-0.2, -0.15) is 0 Å². The summed E-state index contributed by atoms with van der Waals surface area (Å²) in [6.45, 7) is 9.27. The van der Waals surface area contributed by atoms with Crippen molar-refractivity contribution in [2.45, 2.75) is 71.4 Å². The van der Waals surface area contributed by atoms with Gasteiger partial charge >= 0.3 is 0 Å². The van der Waals surface area contributed by atoms with E-state index in [1.54, 1.807) is 7.11 Å². The Hall–Kier alpha value is -2.93. The van der Waals surface area contributed by atoms with Crippen LogP contribution in [0.25, 0.3) is 10.9 Å². The molecule has 5 rings (SSSR count). The maximum absolute atomic E-state index is 14.3. The summed E-state index contributed by atoms with van der Waals surface area (Å²) in [5, 5.41) is 4.04. The van der Waals surface area contributed by atoms with Crippen molar-refractivity contribution in [1.82, 2.24) is 9.88 Å². The number of carbonyl (C=O) groups excluding carboxylic acids is 2. The van der Waals surface area contributed by atoms with Gasteiger partial charge in [-0.15, -0.1) is 0 Å².